The summed E-state index contributed by atoms with van der Waals surface area (Å²) in [7, 11) is 4.02. The van der Waals surface area contributed by atoms with Gasteiger partial charge in [0, 0.05) is 31.1 Å². The number of likely N-dealkylation sites (tertiary alicyclic amines) is 1. The third-order valence-electron chi connectivity index (χ3n) is 5.19. The summed E-state index contributed by atoms with van der Waals surface area (Å²) >= 11 is 1.84. The Labute approximate surface area is 188 Å². The van der Waals surface area contributed by atoms with Crippen LogP contribution in [0.3, 0.4) is 0 Å². The first-order chi connectivity index (χ1) is 13.2. The van der Waals surface area contributed by atoms with Gasteiger partial charge in [-0.05, 0) is 67.9 Å². The molecule has 1 saturated heterocycles. The summed E-state index contributed by atoms with van der Waals surface area (Å²) in [5.74, 6) is 1.18. The van der Waals surface area contributed by atoms with Crippen molar-refractivity contribution in [1.82, 2.24) is 15.5 Å². The van der Waals surface area contributed by atoms with Crippen LogP contribution in [0.15, 0.2) is 46.8 Å². The molecule has 0 radical (unpaired) electrons. The van der Waals surface area contributed by atoms with E-state index in [0.717, 1.165) is 37.6 Å². The number of nitrogens with one attached hydrogen (secondary N) is 2. The number of halogens is 2. The van der Waals surface area contributed by atoms with Crippen LogP contribution in [0, 0.1) is 11.7 Å². The number of rotatable bonds is 6. The summed E-state index contributed by atoms with van der Waals surface area (Å²) < 4.78 is 13.3. The van der Waals surface area contributed by atoms with E-state index in [9.17, 15) is 4.39 Å². The van der Waals surface area contributed by atoms with Crippen LogP contribution in [-0.4, -0.2) is 44.6 Å². The van der Waals surface area contributed by atoms with Crippen molar-refractivity contribution in [2.24, 2.45) is 10.9 Å². The Morgan fingerprint density at radius 2 is 2.14 bits per heavy atom. The molecule has 0 saturated carbocycles. The van der Waals surface area contributed by atoms with E-state index in [-0.39, 0.29) is 29.8 Å². The first-order valence-corrected chi connectivity index (χ1v) is 10.5. The van der Waals surface area contributed by atoms with E-state index in [4.69, 9.17) is 0 Å². The number of benzene rings is 1. The van der Waals surface area contributed by atoms with Gasteiger partial charge in [0.15, 0.2) is 5.96 Å². The standard InChI is InChI=1S/C21H29FN4S.HI/c1-23-21(24-11-10-16-6-3-8-18(22)14-16)25-15-17-7-4-12-26(2)20(17)19-9-5-13-27-19;/h3,5-6,8-9,13-14,17,20H,4,7,10-12,15H2,1-2H3,(H2,23,24,25);1H. The van der Waals surface area contributed by atoms with E-state index in [0.29, 0.717) is 12.0 Å². The number of hydrogen-bond donors (Lipinski definition) is 2. The molecule has 0 amide bonds. The van der Waals surface area contributed by atoms with Crippen molar-refractivity contribution in [3.05, 3.63) is 58.0 Å². The highest BCUT2D eigenvalue weighted by atomic mass is 127. The number of guanidine groups is 1. The monoisotopic (exact) mass is 516 g/mol. The topological polar surface area (TPSA) is 39.7 Å². The van der Waals surface area contributed by atoms with Crippen molar-refractivity contribution in [3.8, 4) is 0 Å². The van der Waals surface area contributed by atoms with Gasteiger partial charge in [-0.15, -0.1) is 35.3 Å². The smallest absolute Gasteiger partial charge is 0.190 e. The summed E-state index contributed by atoms with van der Waals surface area (Å²) in [5, 5.41) is 9.00. The van der Waals surface area contributed by atoms with E-state index in [1.165, 1.54) is 23.8 Å². The Kier molecular flexibility index (Phi) is 9.67. The average Bonchev–Trinajstić information content (AvgIpc) is 3.19. The predicted octanol–water partition coefficient (Wildman–Crippen LogP) is 4.30. The SMILES string of the molecule is CN=C(NCCc1cccc(F)c1)NCC1CCCN(C)C1c1cccs1.I. The van der Waals surface area contributed by atoms with Crippen LogP contribution in [0.5, 0.6) is 0 Å². The minimum absolute atomic E-state index is 0. The number of aliphatic imine (C=N–C) groups is 1. The van der Waals surface area contributed by atoms with Gasteiger partial charge in [-0.1, -0.05) is 18.2 Å². The zero-order chi connectivity index (χ0) is 19.1. The second-order valence-electron chi connectivity index (χ2n) is 7.10. The number of hydrogen-bond acceptors (Lipinski definition) is 3. The minimum Gasteiger partial charge on any atom is -0.356 e. The highest BCUT2D eigenvalue weighted by Crippen LogP contribution is 2.36. The molecule has 154 valence electrons. The van der Waals surface area contributed by atoms with Gasteiger partial charge in [-0.3, -0.25) is 9.89 Å². The second-order valence-corrected chi connectivity index (χ2v) is 8.08. The van der Waals surface area contributed by atoms with Crippen LogP contribution in [0.2, 0.25) is 0 Å². The Morgan fingerprint density at radius 1 is 1.29 bits per heavy atom. The minimum atomic E-state index is -0.184. The molecule has 0 aliphatic carbocycles. The molecule has 1 aliphatic rings. The van der Waals surface area contributed by atoms with Crippen LogP contribution >= 0.6 is 35.3 Å². The first kappa shape index (κ1) is 23.1. The van der Waals surface area contributed by atoms with Crippen molar-refractivity contribution in [3.63, 3.8) is 0 Å². The van der Waals surface area contributed by atoms with E-state index >= 15 is 0 Å². The molecule has 7 heteroatoms. The van der Waals surface area contributed by atoms with E-state index in [1.807, 2.05) is 17.4 Å². The molecule has 2 unspecified atom stereocenters. The molecule has 4 nitrogen and oxygen atoms in total. The van der Waals surface area contributed by atoms with Gasteiger partial charge >= 0.3 is 0 Å². The Bertz CT molecular complexity index is 738. The molecule has 0 spiro atoms. The molecule has 0 bridgehead atoms. The Balaban J connectivity index is 0.00000280. The lowest BCUT2D eigenvalue weighted by Crippen LogP contribution is -2.45. The third-order valence-corrected chi connectivity index (χ3v) is 6.14. The van der Waals surface area contributed by atoms with E-state index in [1.54, 1.807) is 19.2 Å². The molecule has 2 heterocycles. The van der Waals surface area contributed by atoms with Crippen molar-refractivity contribution in [2.45, 2.75) is 25.3 Å². The largest absolute Gasteiger partial charge is 0.356 e. The van der Waals surface area contributed by atoms with Gasteiger partial charge in [-0.2, -0.15) is 0 Å². The second kappa shape index (κ2) is 11.7. The lowest BCUT2D eigenvalue weighted by Gasteiger charge is -2.39. The summed E-state index contributed by atoms with van der Waals surface area (Å²) in [4.78, 5) is 8.25. The van der Waals surface area contributed by atoms with Crippen LogP contribution in [0.25, 0.3) is 0 Å². The molecule has 1 aliphatic heterocycles. The number of thiophene rings is 1. The highest BCUT2D eigenvalue weighted by Gasteiger charge is 2.31. The molecule has 3 rings (SSSR count). The fraction of sp³-hybridized carbons (Fsp3) is 0.476. The quantitative estimate of drug-likeness (QED) is 0.342. The van der Waals surface area contributed by atoms with Gasteiger partial charge < -0.3 is 10.6 Å². The molecule has 2 aromatic rings. The zero-order valence-corrected chi connectivity index (χ0v) is 19.7. The van der Waals surface area contributed by atoms with Crippen molar-refractivity contribution >= 4 is 41.3 Å². The summed E-state index contributed by atoms with van der Waals surface area (Å²) in [5.41, 5.74) is 0.990. The van der Waals surface area contributed by atoms with Crippen molar-refractivity contribution in [2.75, 3.05) is 33.7 Å². The molecule has 2 atom stereocenters. The molecule has 1 aromatic carbocycles. The van der Waals surface area contributed by atoms with E-state index < -0.39 is 0 Å². The summed E-state index contributed by atoms with van der Waals surface area (Å²) in [6.07, 6.45) is 3.22. The maximum absolute atomic E-state index is 13.3. The molecular weight excluding hydrogens is 486 g/mol. The van der Waals surface area contributed by atoms with Crippen LogP contribution < -0.4 is 10.6 Å². The number of nitrogens with zero attached hydrogens (tertiary/aromatic N) is 2. The van der Waals surface area contributed by atoms with E-state index in [2.05, 4.69) is 45.1 Å². The normalized spacial score (nSPS) is 20.5. The van der Waals surface area contributed by atoms with Gasteiger partial charge in [-0.25, -0.2) is 4.39 Å². The Morgan fingerprint density at radius 3 is 2.86 bits per heavy atom. The predicted molar refractivity (Wildman–Crippen MR) is 127 cm³/mol. The van der Waals surface area contributed by atoms with Gasteiger partial charge in [0.2, 0.25) is 0 Å². The maximum Gasteiger partial charge on any atom is 0.190 e. The summed E-state index contributed by atoms with van der Waals surface area (Å²) in [6, 6.07) is 11.6. The zero-order valence-electron chi connectivity index (χ0n) is 16.5. The molecule has 1 aromatic heterocycles. The van der Waals surface area contributed by atoms with Crippen LogP contribution in [-0.2, 0) is 6.42 Å². The van der Waals surface area contributed by atoms with Gasteiger partial charge in [0.05, 0.1) is 0 Å². The Hall–Kier alpha value is -1.19. The summed E-state index contributed by atoms with van der Waals surface area (Å²) in [6.45, 7) is 2.77. The first-order valence-electron chi connectivity index (χ1n) is 9.60. The van der Waals surface area contributed by atoms with Crippen molar-refractivity contribution < 1.29 is 4.39 Å². The third kappa shape index (κ3) is 6.42. The fourth-order valence-electron chi connectivity index (χ4n) is 3.85. The molecule has 2 N–H and O–H groups in total. The van der Waals surface area contributed by atoms with Crippen LogP contribution in [0.4, 0.5) is 4.39 Å². The number of piperidine rings is 1. The molecular formula is C21H30FIN4S. The van der Waals surface area contributed by atoms with Crippen LogP contribution in [0.1, 0.15) is 29.3 Å². The van der Waals surface area contributed by atoms with Gasteiger partial charge in [0.1, 0.15) is 5.82 Å². The molecule has 1 fully saturated rings. The molecule has 28 heavy (non-hydrogen) atoms. The maximum atomic E-state index is 13.3. The van der Waals surface area contributed by atoms with Crippen molar-refractivity contribution in [1.29, 1.82) is 0 Å². The lowest BCUT2D eigenvalue weighted by atomic mass is 9.88. The lowest BCUT2D eigenvalue weighted by molar-refractivity contribution is 0.125. The average molecular weight is 516 g/mol. The highest BCUT2D eigenvalue weighted by molar-refractivity contribution is 14.0. The van der Waals surface area contributed by atoms with Gasteiger partial charge in [0.25, 0.3) is 0 Å². The fourth-order valence-corrected chi connectivity index (χ4v) is 4.83.